The molecule has 45 heavy (non-hydrogen) atoms. The number of amides is 1. The van der Waals surface area contributed by atoms with Gasteiger partial charge in [0.25, 0.3) is 5.91 Å². The largest absolute Gasteiger partial charge is 0.478 e. The van der Waals surface area contributed by atoms with Gasteiger partial charge in [0.1, 0.15) is 5.82 Å². The number of rotatable bonds is 7. The highest BCUT2D eigenvalue weighted by Crippen LogP contribution is 2.17. The van der Waals surface area contributed by atoms with Crippen molar-refractivity contribution in [2.75, 3.05) is 11.1 Å². The number of aromatic carboxylic acids is 1. The zero-order valence-electron chi connectivity index (χ0n) is 23.7. The molecule has 1 amide bonds. The fourth-order valence-corrected chi connectivity index (χ4v) is 4.23. The van der Waals surface area contributed by atoms with Crippen LogP contribution in [0.25, 0.3) is 0 Å². The summed E-state index contributed by atoms with van der Waals surface area (Å²) in [4.78, 5) is 30.4. The second-order valence-corrected chi connectivity index (χ2v) is 10.1. The number of anilines is 2. The summed E-state index contributed by atoms with van der Waals surface area (Å²) < 4.78 is 3.54. The Bertz CT molecular complexity index is 1830. The Hall–Kier alpha value is -5.52. The molecule has 0 aliphatic heterocycles. The molecule has 0 saturated carbocycles. The van der Waals surface area contributed by atoms with Gasteiger partial charge in [-0.1, -0.05) is 47.5 Å². The third kappa shape index (κ3) is 10.3. The van der Waals surface area contributed by atoms with Crippen LogP contribution in [0.15, 0.2) is 122 Å². The van der Waals surface area contributed by atoms with Crippen LogP contribution in [0.3, 0.4) is 0 Å². The Morgan fingerprint density at radius 3 is 1.64 bits per heavy atom. The summed E-state index contributed by atoms with van der Waals surface area (Å²) in [5.74, 6) is -0.238. The van der Waals surface area contributed by atoms with Gasteiger partial charge in [-0.3, -0.25) is 24.1 Å². The summed E-state index contributed by atoms with van der Waals surface area (Å²) in [6.07, 6.45) is 10.7. The SMILES string of the molecule is Nc1ccn(Cc2ccncc2)n1.O=C(Nc1ccn(Cc2ccncc2)n1)c1ccccc1Cl.O=C(O)c1ccccc1Cl. The van der Waals surface area contributed by atoms with E-state index in [1.54, 1.807) is 88.7 Å². The van der Waals surface area contributed by atoms with E-state index >= 15 is 0 Å². The molecule has 13 heteroatoms. The van der Waals surface area contributed by atoms with Crippen LogP contribution in [0.4, 0.5) is 11.6 Å². The first-order valence-corrected chi connectivity index (χ1v) is 14.2. The maximum absolute atomic E-state index is 12.1. The number of hydrogen-bond donors (Lipinski definition) is 3. The lowest BCUT2D eigenvalue weighted by atomic mass is 10.2. The highest BCUT2D eigenvalue weighted by molar-refractivity contribution is 6.34. The highest BCUT2D eigenvalue weighted by atomic mass is 35.5. The number of nitrogen functional groups attached to an aromatic ring is 1. The fourth-order valence-electron chi connectivity index (χ4n) is 3.80. The highest BCUT2D eigenvalue weighted by Gasteiger charge is 2.11. The third-order valence-corrected chi connectivity index (χ3v) is 6.61. The van der Waals surface area contributed by atoms with Crippen molar-refractivity contribution in [1.82, 2.24) is 29.5 Å². The van der Waals surface area contributed by atoms with E-state index in [4.69, 9.17) is 34.0 Å². The second kappa shape index (κ2) is 16.4. The van der Waals surface area contributed by atoms with Gasteiger partial charge in [-0.25, -0.2) is 4.79 Å². The van der Waals surface area contributed by atoms with Crippen molar-refractivity contribution in [3.63, 3.8) is 0 Å². The molecule has 4 aromatic heterocycles. The van der Waals surface area contributed by atoms with Crippen LogP contribution in [0, 0.1) is 0 Å². The minimum absolute atomic E-state index is 0.143. The first kappa shape index (κ1) is 32.4. The number of carboxylic acids is 1. The Balaban J connectivity index is 0.000000170. The van der Waals surface area contributed by atoms with Crippen molar-refractivity contribution < 1.29 is 14.7 Å². The van der Waals surface area contributed by atoms with E-state index in [0.29, 0.717) is 28.8 Å². The van der Waals surface area contributed by atoms with E-state index in [2.05, 4.69) is 25.5 Å². The number of carbonyl (C=O) groups excluding carboxylic acids is 1. The van der Waals surface area contributed by atoms with Crippen molar-refractivity contribution in [2.45, 2.75) is 13.1 Å². The van der Waals surface area contributed by atoms with Gasteiger partial charge in [0, 0.05) is 43.2 Å². The molecule has 0 bridgehead atoms. The molecular formula is C32H28Cl2N8O3. The fraction of sp³-hybridized carbons (Fsp3) is 0.0625. The predicted molar refractivity (Wildman–Crippen MR) is 173 cm³/mol. The average Bonchev–Trinajstić information content (AvgIpc) is 3.66. The van der Waals surface area contributed by atoms with Crippen molar-refractivity contribution in [1.29, 1.82) is 0 Å². The van der Waals surface area contributed by atoms with Gasteiger partial charge in [-0.05, 0) is 65.7 Å². The molecular weight excluding hydrogens is 615 g/mol. The number of carbonyl (C=O) groups is 2. The summed E-state index contributed by atoms with van der Waals surface area (Å²) in [7, 11) is 0. The molecule has 0 saturated heterocycles. The van der Waals surface area contributed by atoms with Crippen LogP contribution in [0.2, 0.25) is 10.0 Å². The molecule has 0 spiro atoms. The number of pyridine rings is 2. The van der Waals surface area contributed by atoms with Crippen LogP contribution in [0.1, 0.15) is 31.8 Å². The summed E-state index contributed by atoms with van der Waals surface area (Å²) in [6.45, 7) is 1.35. The molecule has 2 aromatic carbocycles. The molecule has 6 aromatic rings. The lowest BCUT2D eigenvalue weighted by Gasteiger charge is -2.04. The molecule has 0 unspecified atom stereocenters. The number of hydrogen-bond acceptors (Lipinski definition) is 7. The molecule has 0 radical (unpaired) electrons. The molecule has 0 aliphatic rings. The lowest BCUT2D eigenvalue weighted by Crippen LogP contribution is -2.13. The number of aromatic nitrogens is 6. The summed E-state index contributed by atoms with van der Waals surface area (Å²) in [6, 6.07) is 24.5. The Morgan fingerprint density at radius 2 is 1.18 bits per heavy atom. The average molecular weight is 644 g/mol. The summed E-state index contributed by atoms with van der Waals surface area (Å²) in [5.41, 5.74) is 8.30. The number of benzene rings is 2. The van der Waals surface area contributed by atoms with Crippen LogP contribution < -0.4 is 11.1 Å². The Labute approximate surface area is 268 Å². The molecule has 0 aliphatic carbocycles. The van der Waals surface area contributed by atoms with Gasteiger partial charge in [0.15, 0.2) is 5.82 Å². The number of nitrogens with zero attached hydrogens (tertiary/aromatic N) is 6. The van der Waals surface area contributed by atoms with Crippen LogP contribution in [-0.2, 0) is 13.1 Å². The zero-order chi connectivity index (χ0) is 32.0. The van der Waals surface area contributed by atoms with Crippen molar-refractivity contribution in [3.8, 4) is 0 Å². The first-order valence-electron chi connectivity index (χ1n) is 13.4. The molecule has 0 atom stereocenters. The number of nitrogens with two attached hydrogens (primary N) is 1. The monoisotopic (exact) mass is 642 g/mol. The van der Waals surface area contributed by atoms with Gasteiger partial charge >= 0.3 is 5.97 Å². The van der Waals surface area contributed by atoms with E-state index < -0.39 is 5.97 Å². The molecule has 6 rings (SSSR count). The Morgan fingerprint density at radius 1 is 0.689 bits per heavy atom. The molecule has 228 valence electrons. The van der Waals surface area contributed by atoms with E-state index in [1.165, 1.54) is 6.07 Å². The normalized spacial score (nSPS) is 10.1. The minimum atomic E-state index is -0.995. The number of halogens is 2. The maximum atomic E-state index is 12.1. The van der Waals surface area contributed by atoms with E-state index in [9.17, 15) is 9.59 Å². The molecule has 4 heterocycles. The van der Waals surface area contributed by atoms with Gasteiger partial charge in [-0.15, -0.1) is 0 Å². The van der Waals surface area contributed by atoms with Gasteiger partial charge < -0.3 is 16.2 Å². The first-order chi connectivity index (χ1) is 21.8. The summed E-state index contributed by atoms with van der Waals surface area (Å²) in [5, 5.41) is 20.3. The maximum Gasteiger partial charge on any atom is 0.337 e. The topological polar surface area (TPSA) is 154 Å². The van der Waals surface area contributed by atoms with Crippen molar-refractivity contribution >= 4 is 46.7 Å². The quantitative estimate of drug-likeness (QED) is 0.186. The van der Waals surface area contributed by atoms with Crippen LogP contribution >= 0.6 is 23.2 Å². The number of nitrogens with one attached hydrogen (secondary N) is 1. The summed E-state index contributed by atoms with van der Waals surface area (Å²) >= 11 is 11.5. The lowest BCUT2D eigenvalue weighted by molar-refractivity contribution is 0.0697. The predicted octanol–water partition coefficient (Wildman–Crippen LogP) is 6.18. The van der Waals surface area contributed by atoms with Crippen molar-refractivity contribution in [3.05, 3.63) is 154 Å². The van der Waals surface area contributed by atoms with E-state index in [1.807, 2.05) is 36.7 Å². The zero-order valence-corrected chi connectivity index (χ0v) is 25.3. The third-order valence-electron chi connectivity index (χ3n) is 5.95. The molecule has 11 nitrogen and oxygen atoms in total. The van der Waals surface area contributed by atoms with Gasteiger partial charge in [-0.2, -0.15) is 10.2 Å². The van der Waals surface area contributed by atoms with Gasteiger partial charge in [0.05, 0.1) is 34.3 Å². The van der Waals surface area contributed by atoms with Gasteiger partial charge in [0.2, 0.25) is 0 Å². The van der Waals surface area contributed by atoms with Crippen molar-refractivity contribution in [2.24, 2.45) is 0 Å². The molecule has 4 N–H and O–H groups in total. The smallest absolute Gasteiger partial charge is 0.337 e. The number of carboxylic acid groups (broad SMARTS) is 1. The second-order valence-electron chi connectivity index (χ2n) is 9.27. The minimum Gasteiger partial charge on any atom is -0.478 e. The Kier molecular flexibility index (Phi) is 11.8. The van der Waals surface area contributed by atoms with Crippen LogP contribution in [-0.4, -0.2) is 46.5 Å². The van der Waals surface area contributed by atoms with Crippen LogP contribution in [0.5, 0.6) is 0 Å². The standard InChI is InChI=1S/C16H13ClN4O.C9H10N4.C7H5ClO2/c17-14-4-2-1-3-13(14)16(22)19-15-7-10-21(20-15)11-12-5-8-18-9-6-12;10-9-3-6-13(12-9)7-8-1-4-11-5-2-8;8-6-4-2-1-3-5(6)7(9)10/h1-10H,11H2,(H,19,20,22);1-6H,7H2,(H2,10,12);1-4H,(H,9,10). The molecule has 0 fully saturated rings. The van der Waals surface area contributed by atoms with E-state index in [-0.39, 0.29) is 16.5 Å². The van der Waals surface area contributed by atoms with E-state index in [0.717, 1.165) is 17.7 Å².